The smallest absolute Gasteiger partial charge is 0.220 e. The first-order chi connectivity index (χ1) is 20.3. The van der Waals surface area contributed by atoms with Gasteiger partial charge in [0.15, 0.2) is 0 Å². The Hall–Kier alpha value is -4.70. The average molecular weight is 552 g/mol. The number of aromatic nitrogens is 3. The lowest BCUT2D eigenvalue weighted by atomic mass is 9.92. The van der Waals surface area contributed by atoms with Crippen LogP contribution in [0.5, 0.6) is 0 Å². The van der Waals surface area contributed by atoms with Crippen LogP contribution in [0.1, 0.15) is 56.2 Å². The second-order valence-electron chi connectivity index (χ2n) is 11.9. The van der Waals surface area contributed by atoms with Gasteiger partial charge in [0.05, 0.1) is 27.8 Å². The van der Waals surface area contributed by atoms with Crippen molar-refractivity contribution in [2.24, 2.45) is 0 Å². The van der Waals surface area contributed by atoms with Gasteiger partial charge in [-0.1, -0.05) is 100 Å². The summed E-state index contributed by atoms with van der Waals surface area (Å²) in [5.41, 5.74) is 11.2. The monoisotopic (exact) mass is 551 g/mol. The van der Waals surface area contributed by atoms with Crippen molar-refractivity contribution in [1.29, 1.82) is 0 Å². The number of halogens is 1. The van der Waals surface area contributed by atoms with Crippen LogP contribution in [-0.4, -0.2) is 14.1 Å². The third-order valence-electron chi connectivity index (χ3n) is 8.48. The van der Waals surface area contributed by atoms with Gasteiger partial charge in [0.1, 0.15) is 5.82 Å². The number of fused-ring (bicyclic) bond motifs is 4. The number of aryl methyl sites for hydroxylation is 1. The van der Waals surface area contributed by atoms with Crippen LogP contribution >= 0.6 is 0 Å². The molecule has 2 aromatic heterocycles. The zero-order valence-electron chi connectivity index (χ0n) is 24.7. The fourth-order valence-electron chi connectivity index (χ4n) is 6.42. The lowest BCUT2D eigenvalue weighted by Gasteiger charge is -2.23. The first kappa shape index (κ1) is 26.2. The fourth-order valence-corrected chi connectivity index (χ4v) is 6.42. The zero-order chi connectivity index (χ0) is 29.1. The van der Waals surface area contributed by atoms with Gasteiger partial charge in [0.25, 0.3) is 0 Å². The predicted molar refractivity (Wildman–Crippen MR) is 174 cm³/mol. The van der Waals surface area contributed by atoms with Crippen molar-refractivity contribution >= 4 is 32.8 Å². The predicted octanol–water partition coefficient (Wildman–Crippen LogP) is 10.5. The number of hydrogen-bond acceptors (Lipinski definition) is 1. The minimum atomic E-state index is -0.235. The Labute approximate surface area is 245 Å². The van der Waals surface area contributed by atoms with Crippen LogP contribution in [0.2, 0.25) is 0 Å². The third-order valence-corrected chi connectivity index (χ3v) is 8.48. The third kappa shape index (κ3) is 4.05. The highest BCUT2D eigenvalue weighted by Gasteiger charge is 2.25. The molecule has 208 valence electrons. The van der Waals surface area contributed by atoms with Crippen LogP contribution < -0.4 is 0 Å². The highest BCUT2D eigenvalue weighted by Crippen LogP contribution is 2.40. The van der Waals surface area contributed by atoms with E-state index in [1.807, 2.05) is 12.1 Å². The Morgan fingerprint density at radius 3 is 1.98 bits per heavy atom. The highest BCUT2D eigenvalue weighted by molar-refractivity contribution is 6.10. The van der Waals surface area contributed by atoms with E-state index in [9.17, 15) is 4.39 Å². The Morgan fingerprint density at radius 1 is 0.619 bits per heavy atom. The van der Waals surface area contributed by atoms with Crippen molar-refractivity contribution in [3.63, 3.8) is 0 Å². The molecule has 0 atom stereocenters. The normalized spacial score (nSPS) is 12.0. The standard InChI is InChI=1S/C38H34FN3/c1-23(2)29-12-9-13-30(24(3)4)37(29)42-35-22-27(26-16-19-28(39)20-17-26)18-21-33(35)40-38(42)41-34-15-7-6-11-31(34)32-14-8-10-25(5)36(32)41/h6-24H,1-5H3. The summed E-state index contributed by atoms with van der Waals surface area (Å²) < 4.78 is 18.5. The molecule has 0 N–H and O–H groups in total. The van der Waals surface area contributed by atoms with Gasteiger partial charge in [-0.3, -0.25) is 9.13 Å². The van der Waals surface area contributed by atoms with Crippen molar-refractivity contribution in [2.45, 2.75) is 46.5 Å². The second-order valence-corrected chi connectivity index (χ2v) is 11.9. The summed E-state index contributed by atoms with van der Waals surface area (Å²) in [4.78, 5) is 5.39. The van der Waals surface area contributed by atoms with Gasteiger partial charge >= 0.3 is 0 Å². The summed E-state index contributed by atoms with van der Waals surface area (Å²) in [6, 6.07) is 35.0. The maximum atomic E-state index is 13.8. The molecular formula is C38H34FN3. The molecule has 4 heteroatoms. The van der Waals surface area contributed by atoms with Gasteiger partial charge in [-0.2, -0.15) is 0 Å². The van der Waals surface area contributed by atoms with Gasteiger partial charge in [-0.05, 0) is 76.9 Å². The van der Waals surface area contributed by atoms with E-state index in [0.29, 0.717) is 11.8 Å². The first-order valence-corrected chi connectivity index (χ1v) is 14.7. The van der Waals surface area contributed by atoms with E-state index in [1.54, 1.807) is 0 Å². The van der Waals surface area contributed by atoms with E-state index >= 15 is 0 Å². The minimum Gasteiger partial charge on any atom is -0.279 e. The van der Waals surface area contributed by atoms with Crippen molar-refractivity contribution < 1.29 is 4.39 Å². The van der Waals surface area contributed by atoms with Crippen LogP contribution in [0, 0.1) is 12.7 Å². The summed E-state index contributed by atoms with van der Waals surface area (Å²) in [5.74, 6) is 1.26. The molecule has 0 amide bonds. The molecule has 2 heterocycles. The van der Waals surface area contributed by atoms with Crippen LogP contribution in [0.4, 0.5) is 4.39 Å². The molecule has 0 spiro atoms. The molecule has 3 nitrogen and oxygen atoms in total. The van der Waals surface area contributed by atoms with Crippen LogP contribution in [-0.2, 0) is 0 Å². The van der Waals surface area contributed by atoms with Crippen molar-refractivity contribution in [3.05, 3.63) is 126 Å². The van der Waals surface area contributed by atoms with Crippen molar-refractivity contribution in [3.8, 4) is 22.8 Å². The van der Waals surface area contributed by atoms with Crippen molar-refractivity contribution in [1.82, 2.24) is 14.1 Å². The lowest BCUT2D eigenvalue weighted by molar-refractivity contribution is 0.628. The Kier molecular flexibility index (Phi) is 6.23. The summed E-state index contributed by atoms with van der Waals surface area (Å²) >= 11 is 0. The minimum absolute atomic E-state index is 0.235. The summed E-state index contributed by atoms with van der Waals surface area (Å²) in [6.45, 7) is 11.2. The van der Waals surface area contributed by atoms with Gasteiger partial charge in [-0.15, -0.1) is 0 Å². The lowest BCUT2D eigenvalue weighted by Crippen LogP contribution is -2.12. The Morgan fingerprint density at radius 2 is 1.26 bits per heavy atom. The summed E-state index contributed by atoms with van der Waals surface area (Å²) in [5, 5.41) is 2.43. The molecule has 42 heavy (non-hydrogen) atoms. The topological polar surface area (TPSA) is 22.8 Å². The van der Waals surface area contributed by atoms with Crippen LogP contribution in [0.15, 0.2) is 103 Å². The van der Waals surface area contributed by atoms with Crippen LogP contribution in [0.3, 0.4) is 0 Å². The van der Waals surface area contributed by atoms with E-state index in [2.05, 4.69) is 123 Å². The molecule has 0 saturated carbocycles. The molecule has 0 aliphatic rings. The quantitative estimate of drug-likeness (QED) is 0.209. The number of para-hydroxylation sites is 3. The fraction of sp³-hybridized carbons (Fsp3) is 0.184. The van der Waals surface area contributed by atoms with Gasteiger partial charge < -0.3 is 0 Å². The van der Waals surface area contributed by atoms with E-state index < -0.39 is 0 Å². The largest absolute Gasteiger partial charge is 0.279 e. The number of rotatable bonds is 5. The van der Waals surface area contributed by atoms with E-state index in [-0.39, 0.29) is 5.82 Å². The zero-order valence-corrected chi connectivity index (χ0v) is 24.7. The molecule has 0 saturated heterocycles. The first-order valence-electron chi connectivity index (χ1n) is 14.7. The number of hydrogen-bond donors (Lipinski definition) is 0. The number of imidazole rings is 1. The van der Waals surface area contributed by atoms with Crippen molar-refractivity contribution in [2.75, 3.05) is 0 Å². The van der Waals surface area contributed by atoms with E-state index in [4.69, 9.17) is 4.98 Å². The molecular weight excluding hydrogens is 517 g/mol. The molecule has 7 rings (SSSR count). The van der Waals surface area contributed by atoms with E-state index in [0.717, 1.165) is 33.6 Å². The number of benzene rings is 5. The molecule has 0 bridgehead atoms. The Bertz CT molecular complexity index is 2080. The molecule has 0 radical (unpaired) electrons. The molecule has 0 fully saturated rings. The van der Waals surface area contributed by atoms with Crippen LogP contribution in [0.25, 0.3) is 55.6 Å². The molecule has 5 aromatic carbocycles. The maximum absolute atomic E-state index is 13.8. The molecule has 0 aliphatic heterocycles. The summed E-state index contributed by atoms with van der Waals surface area (Å²) in [7, 11) is 0. The second kappa shape index (κ2) is 9.99. The summed E-state index contributed by atoms with van der Waals surface area (Å²) in [6.07, 6.45) is 0. The molecule has 7 aromatic rings. The number of nitrogens with zero attached hydrogens (tertiary/aromatic N) is 3. The maximum Gasteiger partial charge on any atom is 0.220 e. The molecule has 0 unspecified atom stereocenters. The van der Waals surface area contributed by atoms with Gasteiger partial charge in [-0.25, -0.2) is 9.37 Å². The Balaban J connectivity index is 1.67. The highest BCUT2D eigenvalue weighted by atomic mass is 19.1. The van der Waals surface area contributed by atoms with Gasteiger partial charge in [0, 0.05) is 10.8 Å². The average Bonchev–Trinajstić information content (AvgIpc) is 3.53. The molecule has 0 aliphatic carbocycles. The SMILES string of the molecule is Cc1cccc2c3ccccc3n(-c3nc4ccc(-c5ccc(F)cc5)cc4n3-c3c(C(C)C)cccc3C(C)C)c12. The van der Waals surface area contributed by atoms with Gasteiger partial charge in [0.2, 0.25) is 5.95 Å². The van der Waals surface area contributed by atoms with E-state index in [1.165, 1.54) is 50.8 Å².